The fourth-order valence-corrected chi connectivity index (χ4v) is 4.09. The Bertz CT molecular complexity index is 759. The summed E-state index contributed by atoms with van der Waals surface area (Å²) in [6.45, 7) is 7.25. The molecule has 3 rings (SSSR count). The van der Waals surface area contributed by atoms with Gasteiger partial charge >= 0.3 is 12.1 Å². The van der Waals surface area contributed by atoms with E-state index in [4.69, 9.17) is 19.4 Å². The molecule has 0 spiro atoms. The van der Waals surface area contributed by atoms with Gasteiger partial charge in [0.25, 0.3) is 0 Å². The number of methoxy groups -OCH3 is 1. The van der Waals surface area contributed by atoms with Crippen molar-refractivity contribution in [1.29, 1.82) is 0 Å². The van der Waals surface area contributed by atoms with Gasteiger partial charge in [-0.25, -0.2) is 4.79 Å². The number of hydrogen-bond donors (Lipinski definition) is 2. The summed E-state index contributed by atoms with van der Waals surface area (Å²) in [5, 5.41) is 10.0. The first-order chi connectivity index (χ1) is 15.1. The molecule has 0 bridgehead atoms. The molecule has 7 nitrogen and oxygen atoms in total. The summed E-state index contributed by atoms with van der Waals surface area (Å²) in [5.74, 6) is -1.62. The van der Waals surface area contributed by atoms with Crippen LogP contribution in [0.3, 0.4) is 0 Å². The Morgan fingerprint density at radius 2 is 2.00 bits per heavy atom. The van der Waals surface area contributed by atoms with Crippen molar-refractivity contribution < 1.29 is 37.3 Å². The highest BCUT2D eigenvalue weighted by molar-refractivity contribution is 5.76. The lowest BCUT2D eigenvalue weighted by Crippen LogP contribution is -2.42. The summed E-state index contributed by atoms with van der Waals surface area (Å²) in [5.41, 5.74) is 2.77. The van der Waals surface area contributed by atoms with Crippen LogP contribution in [-0.2, 0) is 25.6 Å². The van der Waals surface area contributed by atoms with Crippen LogP contribution in [0, 0.1) is 18.8 Å². The number of fused-ring (bicyclic) bond motifs is 1. The smallest absolute Gasteiger partial charge is 0.475 e. The quantitative estimate of drug-likeness (QED) is 0.609. The van der Waals surface area contributed by atoms with Gasteiger partial charge in [-0.3, -0.25) is 9.69 Å². The lowest BCUT2D eigenvalue weighted by Gasteiger charge is -2.35. The van der Waals surface area contributed by atoms with Crippen molar-refractivity contribution in [3.63, 3.8) is 0 Å². The molecule has 1 aromatic rings. The summed E-state index contributed by atoms with van der Waals surface area (Å²) >= 11 is 0. The van der Waals surface area contributed by atoms with Crippen LogP contribution in [-0.4, -0.2) is 74.1 Å². The van der Waals surface area contributed by atoms with Crippen molar-refractivity contribution in [3.05, 3.63) is 35.4 Å². The summed E-state index contributed by atoms with van der Waals surface area (Å²) in [4.78, 5) is 23.5. The molecule has 2 aliphatic heterocycles. The van der Waals surface area contributed by atoms with E-state index in [0.29, 0.717) is 31.4 Å². The highest BCUT2D eigenvalue weighted by atomic mass is 19.4. The number of alkyl halides is 3. The SMILES string of the molecule is COCCNC(=O)C[C@@H]1OC[C@H]2CN(Cc3ccccc3C)CC[C@H]21.O=C(O)C(F)(F)F. The third kappa shape index (κ3) is 8.07. The minimum absolute atomic E-state index is 0.0741. The second kappa shape index (κ2) is 12.2. The highest BCUT2D eigenvalue weighted by Gasteiger charge is 2.41. The van der Waals surface area contributed by atoms with Crippen molar-refractivity contribution in [1.82, 2.24) is 10.2 Å². The maximum atomic E-state index is 12.0. The third-order valence-electron chi connectivity index (χ3n) is 5.79. The molecule has 2 saturated heterocycles. The molecule has 32 heavy (non-hydrogen) atoms. The molecular weight excluding hydrogens is 429 g/mol. The Kier molecular flexibility index (Phi) is 9.92. The first-order valence-electron chi connectivity index (χ1n) is 10.6. The van der Waals surface area contributed by atoms with Gasteiger partial charge in [0.05, 0.1) is 25.7 Å². The number of piperidine rings is 1. The number of carbonyl (C=O) groups excluding carboxylic acids is 1. The summed E-state index contributed by atoms with van der Waals surface area (Å²) in [6.07, 6.45) is -3.41. The van der Waals surface area contributed by atoms with Gasteiger partial charge in [0.15, 0.2) is 0 Å². The monoisotopic (exact) mass is 460 g/mol. The largest absolute Gasteiger partial charge is 0.490 e. The van der Waals surface area contributed by atoms with Crippen LogP contribution in [0.2, 0.25) is 0 Å². The lowest BCUT2D eigenvalue weighted by atomic mass is 9.83. The number of nitrogens with one attached hydrogen (secondary N) is 1. The molecule has 10 heteroatoms. The number of carboxylic acid groups (broad SMARTS) is 1. The van der Waals surface area contributed by atoms with Crippen LogP contribution in [0.25, 0.3) is 0 Å². The van der Waals surface area contributed by atoms with Gasteiger partial charge in [-0.15, -0.1) is 0 Å². The molecule has 0 unspecified atom stereocenters. The second-order valence-electron chi connectivity index (χ2n) is 8.10. The molecule has 1 amide bonds. The molecule has 0 aromatic heterocycles. The zero-order valence-electron chi connectivity index (χ0n) is 18.4. The van der Waals surface area contributed by atoms with Crippen molar-refractivity contribution in [3.8, 4) is 0 Å². The van der Waals surface area contributed by atoms with E-state index in [9.17, 15) is 18.0 Å². The number of carbonyl (C=O) groups is 2. The van der Waals surface area contributed by atoms with Gasteiger partial charge in [0.2, 0.25) is 5.91 Å². The predicted octanol–water partition coefficient (Wildman–Crippen LogP) is 2.62. The van der Waals surface area contributed by atoms with Crippen LogP contribution >= 0.6 is 0 Å². The molecule has 2 fully saturated rings. The Morgan fingerprint density at radius 1 is 1.31 bits per heavy atom. The number of halogens is 3. The lowest BCUT2D eigenvalue weighted by molar-refractivity contribution is -0.192. The van der Waals surface area contributed by atoms with Crippen LogP contribution < -0.4 is 5.32 Å². The van der Waals surface area contributed by atoms with E-state index in [-0.39, 0.29) is 12.0 Å². The Labute approximate surface area is 185 Å². The Hall–Kier alpha value is -2.17. The topological polar surface area (TPSA) is 88.1 Å². The van der Waals surface area contributed by atoms with E-state index in [0.717, 1.165) is 32.7 Å². The Morgan fingerprint density at radius 3 is 2.62 bits per heavy atom. The van der Waals surface area contributed by atoms with Crippen LogP contribution in [0.5, 0.6) is 0 Å². The van der Waals surface area contributed by atoms with E-state index in [1.807, 2.05) is 0 Å². The molecule has 2 aliphatic rings. The summed E-state index contributed by atoms with van der Waals surface area (Å²) in [6, 6.07) is 8.61. The van der Waals surface area contributed by atoms with Crippen LogP contribution in [0.4, 0.5) is 13.2 Å². The fourth-order valence-electron chi connectivity index (χ4n) is 4.09. The van der Waals surface area contributed by atoms with Crippen molar-refractivity contribution in [2.75, 3.05) is 40.0 Å². The molecule has 0 aliphatic carbocycles. The van der Waals surface area contributed by atoms with Crippen molar-refractivity contribution in [2.24, 2.45) is 11.8 Å². The van der Waals surface area contributed by atoms with Gasteiger partial charge in [0, 0.05) is 32.7 Å². The minimum atomic E-state index is -5.08. The molecule has 2 N–H and O–H groups in total. The van der Waals surface area contributed by atoms with Crippen molar-refractivity contribution in [2.45, 2.75) is 38.6 Å². The number of amides is 1. The zero-order chi connectivity index (χ0) is 23.7. The standard InChI is InChI=1S/C20H30N2O3.C2HF3O2/c1-15-5-3-4-6-16(15)12-22-9-7-18-17(13-22)14-25-19(18)11-20(23)21-8-10-24-2;3-2(4,5)1(6)7/h3-6,17-19H,7-14H2,1-2H3,(H,21,23);(H,6,7)/t17-,18-,19+;/m1./s1. The number of aryl methyl sites for hydroxylation is 1. The number of aliphatic carboxylic acids is 1. The Balaban J connectivity index is 0.000000451. The normalized spacial score (nSPS) is 23.1. The maximum Gasteiger partial charge on any atom is 0.490 e. The van der Waals surface area contributed by atoms with Gasteiger partial charge < -0.3 is 19.9 Å². The summed E-state index contributed by atoms with van der Waals surface area (Å²) < 4.78 is 42.7. The molecule has 1 aromatic carbocycles. The predicted molar refractivity (Wildman–Crippen MR) is 111 cm³/mol. The molecule has 180 valence electrons. The van der Waals surface area contributed by atoms with Gasteiger partial charge in [-0.2, -0.15) is 13.2 Å². The number of hydrogen-bond acceptors (Lipinski definition) is 5. The number of likely N-dealkylation sites (tertiary alicyclic amines) is 1. The average molecular weight is 460 g/mol. The van der Waals surface area contributed by atoms with E-state index in [2.05, 4.69) is 41.4 Å². The fraction of sp³-hybridized carbons (Fsp3) is 0.636. The summed E-state index contributed by atoms with van der Waals surface area (Å²) in [7, 11) is 1.64. The first-order valence-corrected chi connectivity index (χ1v) is 10.6. The third-order valence-corrected chi connectivity index (χ3v) is 5.79. The van der Waals surface area contributed by atoms with Gasteiger partial charge in [-0.1, -0.05) is 24.3 Å². The zero-order valence-corrected chi connectivity index (χ0v) is 18.4. The van der Waals surface area contributed by atoms with E-state index >= 15 is 0 Å². The number of carboxylic acids is 1. The molecule has 2 heterocycles. The first kappa shape index (κ1) is 26.1. The highest BCUT2D eigenvalue weighted by Crippen LogP contribution is 2.36. The number of nitrogens with zero attached hydrogens (tertiary/aromatic N) is 1. The van der Waals surface area contributed by atoms with Crippen LogP contribution in [0.1, 0.15) is 24.0 Å². The molecular formula is C22H31F3N2O5. The van der Waals surface area contributed by atoms with Crippen LogP contribution in [0.15, 0.2) is 24.3 Å². The average Bonchev–Trinajstić information content (AvgIpc) is 3.11. The van der Waals surface area contributed by atoms with E-state index in [1.165, 1.54) is 11.1 Å². The van der Waals surface area contributed by atoms with Crippen molar-refractivity contribution >= 4 is 11.9 Å². The van der Waals surface area contributed by atoms with Gasteiger partial charge in [-0.05, 0) is 36.9 Å². The van der Waals surface area contributed by atoms with Gasteiger partial charge in [0.1, 0.15) is 0 Å². The molecule has 0 saturated carbocycles. The van der Waals surface area contributed by atoms with E-state index < -0.39 is 12.1 Å². The maximum absolute atomic E-state index is 12.0. The number of rotatable bonds is 7. The molecule has 0 radical (unpaired) electrons. The number of benzene rings is 1. The minimum Gasteiger partial charge on any atom is -0.475 e. The van der Waals surface area contributed by atoms with E-state index in [1.54, 1.807) is 7.11 Å². The molecule has 3 atom stereocenters. The number of ether oxygens (including phenoxy) is 2. The second-order valence-corrected chi connectivity index (χ2v) is 8.10.